The Morgan fingerprint density at radius 3 is 2.47 bits per heavy atom. The summed E-state index contributed by atoms with van der Waals surface area (Å²) in [5, 5.41) is 1.09. The Balaban J connectivity index is 2.60. The first-order valence-corrected chi connectivity index (χ1v) is 5.71. The summed E-state index contributed by atoms with van der Waals surface area (Å²) >= 11 is 0. The van der Waals surface area contributed by atoms with Gasteiger partial charge in [-0.3, -0.25) is 0 Å². The molecule has 0 saturated carbocycles. The van der Waals surface area contributed by atoms with Gasteiger partial charge in [0.1, 0.15) is 16.9 Å². The number of hydrogen-bond donors (Lipinski definition) is 0. The molecule has 3 aromatic rings. The van der Waals surface area contributed by atoms with Crippen molar-refractivity contribution in [2.45, 2.75) is 27.7 Å². The van der Waals surface area contributed by atoms with Crippen LogP contribution in [0.1, 0.15) is 22.6 Å². The summed E-state index contributed by atoms with van der Waals surface area (Å²) in [4.78, 5) is 8.85. The molecule has 0 radical (unpaired) electrons. The molecule has 0 fully saturated rings. The molecule has 3 rings (SSSR count). The maximum Gasteiger partial charge on any atom is 0.175 e. The van der Waals surface area contributed by atoms with Gasteiger partial charge in [-0.1, -0.05) is 6.07 Å². The molecule has 0 aliphatic carbocycles. The van der Waals surface area contributed by atoms with Crippen molar-refractivity contribution in [3.63, 3.8) is 0 Å². The molecule has 0 unspecified atom stereocenters. The second kappa shape index (κ2) is 3.29. The highest BCUT2D eigenvalue weighted by atomic mass is 16.3. The Morgan fingerprint density at radius 1 is 0.941 bits per heavy atom. The van der Waals surface area contributed by atoms with Crippen LogP contribution in [-0.4, -0.2) is 9.97 Å². The minimum absolute atomic E-state index is 0.789. The number of hydrogen-bond acceptors (Lipinski definition) is 3. The topological polar surface area (TPSA) is 38.9 Å². The molecule has 0 N–H and O–H groups in total. The number of aryl methyl sites for hydroxylation is 4. The summed E-state index contributed by atoms with van der Waals surface area (Å²) < 4.78 is 5.90. The Morgan fingerprint density at radius 2 is 1.71 bits per heavy atom. The van der Waals surface area contributed by atoms with Crippen LogP contribution in [0.2, 0.25) is 0 Å². The molecule has 2 aromatic heterocycles. The molecule has 3 nitrogen and oxygen atoms in total. The van der Waals surface area contributed by atoms with Crippen LogP contribution < -0.4 is 0 Å². The van der Waals surface area contributed by atoms with E-state index in [1.165, 1.54) is 5.56 Å². The largest absolute Gasteiger partial charge is 0.452 e. The van der Waals surface area contributed by atoms with Gasteiger partial charge in [0.2, 0.25) is 0 Å². The molecule has 17 heavy (non-hydrogen) atoms. The molecule has 3 heteroatoms. The quantitative estimate of drug-likeness (QED) is 0.587. The lowest BCUT2D eigenvalue weighted by Gasteiger charge is -1.97. The first-order valence-electron chi connectivity index (χ1n) is 5.71. The lowest BCUT2D eigenvalue weighted by molar-refractivity contribution is 0.657. The zero-order valence-corrected chi connectivity index (χ0v) is 10.5. The van der Waals surface area contributed by atoms with E-state index in [0.29, 0.717) is 0 Å². The van der Waals surface area contributed by atoms with E-state index in [1.54, 1.807) is 0 Å². The standard InChI is InChI=1S/C14H14N2O/c1-7-5-8(2)13-11(6-7)12-14(17-13)9(3)15-10(4)16-12/h5-6H,1-4H3. The highest BCUT2D eigenvalue weighted by Gasteiger charge is 2.13. The van der Waals surface area contributed by atoms with Crippen LogP contribution in [0, 0.1) is 27.7 Å². The van der Waals surface area contributed by atoms with Gasteiger partial charge in [-0.05, 0) is 44.9 Å². The summed E-state index contributed by atoms with van der Waals surface area (Å²) in [6, 6.07) is 4.25. The van der Waals surface area contributed by atoms with Crippen LogP contribution in [0.15, 0.2) is 16.5 Å². The molecule has 0 amide bonds. The summed E-state index contributed by atoms with van der Waals surface area (Å²) in [7, 11) is 0. The van der Waals surface area contributed by atoms with Crippen molar-refractivity contribution >= 4 is 22.1 Å². The van der Waals surface area contributed by atoms with Crippen LogP contribution in [-0.2, 0) is 0 Å². The van der Waals surface area contributed by atoms with Crippen LogP contribution in [0.5, 0.6) is 0 Å². The Hall–Kier alpha value is -1.90. The highest BCUT2D eigenvalue weighted by molar-refractivity contribution is 6.04. The van der Waals surface area contributed by atoms with Gasteiger partial charge in [-0.2, -0.15) is 0 Å². The maximum atomic E-state index is 5.90. The van der Waals surface area contributed by atoms with Gasteiger partial charge in [-0.15, -0.1) is 0 Å². The fraction of sp³-hybridized carbons (Fsp3) is 0.286. The predicted molar refractivity (Wildman–Crippen MR) is 68.3 cm³/mol. The fourth-order valence-electron chi connectivity index (χ4n) is 2.37. The average Bonchev–Trinajstić information content (AvgIpc) is 2.58. The molecule has 2 heterocycles. The fourth-order valence-corrected chi connectivity index (χ4v) is 2.37. The smallest absolute Gasteiger partial charge is 0.175 e. The van der Waals surface area contributed by atoms with E-state index in [2.05, 4.69) is 35.9 Å². The maximum absolute atomic E-state index is 5.90. The molecule has 1 aromatic carbocycles. The molecule has 0 aliphatic heterocycles. The number of aromatic nitrogens is 2. The van der Waals surface area contributed by atoms with Gasteiger partial charge in [-0.25, -0.2) is 9.97 Å². The van der Waals surface area contributed by atoms with Crippen LogP contribution >= 0.6 is 0 Å². The zero-order chi connectivity index (χ0) is 12.2. The normalized spacial score (nSPS) is 11.5. The van der Waals surface area contributed by atoms with Crippen molar-refractivity contribution in [3.8, 4) is 0 Å². The van der Waals surface area contributed by atoms with E-state index >= 15 is 0 Å². The monoisotopic (exact) mass is 226 g/mol. The van der Waals surface area contributed by atoms with E-state index in [4.69, 9.17) is 4.42 Å². The van der Waals surface area contributed by atoms with Gasteiger partial charge in [0.05, 0.1) is 5.69 Å². The summed E-state index contributed by atoms with van der Waals surface area (Å²) in [5.74, 6) is 0.789. The minimum atomic E-state index is 0.789. The summed E-state index contributed by atoms with van der Waals surface area (Å²) in [6.07, 6.45) is 0. The molecule has 0 spiro atoms. The van der Waals surface area contributed by atoms with Crippen molar-refractivity contribution in [3.05, 3.63) is 34.8 Å². The number of rotatable bonds is 0. The van der Waals surface area contributed by atoms with E-state index in [-0.39, 0.29) is 0 Å². The summed E-state index contributed by atoms with van der Waals surface area (Å²) in [6.45, 7) is 8.02. The van der Waals surface area contributed by atoms with Gasteiger partial charge in [0, 0.05) is 5.39 Å². The van der Waals surface area contributed by atoms with Crippen molar-refractivity contribution in [2.24, 2.45) is 0 Å². The number of benzene rings is 1. The predicted octanol–water partition coefficient (Wildman–Crippen LogP) is 3.61. The number of furan rings is 1. The van der Waals surface area contributed by atoms with Gasteiger partial charge in [0.25, 0.3) is 0 Å². The average molecular weight is 226 g/mol. The number of nitrogens with zero attached hydrogens (tertiary/aromatic N) is 2. The Kier molecular flexibility index (Phi) is 1.99. The van der Waals surface area contributed by atoms with Crippen molar-refractivity contribution in [2.75, 3.05) is 0 Å². The molecule has 0 atom stereocenters. The van der Waals surface area contributed by atoms with E-state index in [0.717, 1.165) is 39.2 Å². The van der Waals surface area contributed by atoms with Gasteiger partial charge >= 0.3 is 0 Å². The van der Waals surface area contributed by atoms with E-state index in [9.17, 15) is 0 Å². The Bertz CT molecular complexity index is 679. The first kappa shape index (κ1) is 10.3. The van der Waals surface area contributed by atoms with Gasteiger partial charge < -0.3 is 4.42 Å². The highest BCUT2D eigenvalue weighted by Crippen LogP contribution is 2.31. The molecule has 0 saturated heterocycles. The lowest BCUT2D eigenvalue weighted by Crippen LogP contribution is -1.90. The summed E-state index contributed by atoms with van der Waals surface area (Å²) in [5.41, 5.74) is 5.94. The lowest BCUT2D eigenvalue weighted by atomic mass is 10.1. The minimum Gasteiger partial charge on any atom is -0.452 e. The SMILES string of the molecule is Cc1cc(C)c2oc3c(C)nc(C)nc3c2c1. The second-order valence-electron chi connectivity index (χ2n) is 4.59. The van der Waals surface area contributed by atoms with Crippen molar-refractivity contribution in [1.82, 2.24) is 9.97 Å². The van der Waals surface area contributed by atoms with E-state index < -0.39 is 0 Å². The first-order chi connectivity index (χ1) is 8.06. The third kappa shape index (κ3) is 1.42. The number of fused-ring (bicyclic) bond motifs is 3. The van der Waals surface area contributed by atoms with Crippen molar-refractivity contribution < 1.29 is 4.42 Å². The van der Waals surface area contributed by atoms with Gasteiger partial charge in [0.15, 0.2) is 5.58 Å². The zero-order valence-electron chi connectivity index (χ0n) is 10.5. The molecule has 0 aliphatic rings. The van der Waals surface area contributed by atoms with E-state index in [1.807, 2.05) is 13.8 Å². The Labute approximate surface area is 99.5 Å². The molecular weight excluding hydrogens is 212 g/mol. The second-order valence-corrected chi connectivity index (χ2v) is 4.59. The van der Waals surface area contributed by atoms with Crippen LogP contribution in [0.4, 0.5) is 0 Å². The third-order valence-corrected chi connectivity index (χ3v) is 3.03. The molecular formula is C14H14N2O. The van der Waals surface area contributed by atoms with Crippen LogP contribution in [0.3, 0.4) is 0 Å². The third-order valence-electron chi connectivity index (χ3n) is 3.03. The van der Waals surface area contributed by atoms with Crippen LogP contribution in [0.25, 0.3) is 22.1 Å². The molecule has 86 valence electrons. The van der Waals surface area contributed by atoms with Crippen molar-refractivity contribution in [1.29, 1.82) is 0 Å². The molecule has 0 bridgehead atoms.